The Bertz CT molecular complexity index is 2330. The Labute approximate surface area is 304 Å². The SMILES string of the molecule is C#Cc1c(F)ccc2cccc(-c3ncc4c(N(C)[C@@H]5CCN(C(=O)/C=C/c6ccnc(C)n6)C5)nc(OC[C@@]56CCCN5C[C@H](F)C6)nc4c3F)c12. The van der Waals surface area contributed by atoms with Crippen molar-refractivity contribution in [1.29, 1.82) is 0 Å². The van der Waals surface area contributed by atoms with Crippen molar-refractivity contribution in [2.45, 2.75) is 50.4 Å². The van der Waals surface area contributed by atoms with Gasteiger partial charge in [0.2, 0.25) is 5.91 Å². The van der Waals surface area contributed by atoms with E-state index in [0.29, 0.717) is 71.5 Å². The van der Waals surface area contributed by atoms with Crippen LogP contribution in [0.15, 0.2) is 54.9 Å². The van der Waals surface area contributed by atoms with Gasteiger partial charge >= 0.3 is 6.01 Å². The molecule has 3 fully saturated rings. The van der Waals surface area contributed by atoms with Gasteiger partial charge in [0.15, 0.2) is 5.82 Å². The highest BCUT2D eigenvalue weighted by Gasteiger charge is 2.49. The number of alkyl halides is 1. The number of aryl methyl sites for hydroxylation is 1. The molecule has 0 N–H and O–H groups in total. The number of rotatable bonds is 8. The second-order valence-electron chi connectivity index (χ2n) is 14.0. The fraction of sp³-hybridized carbons (Fsp3) is 0.350. The number of benzene rings is 2. The zero-order valence-corrected chi connectivity index (χ0v) is 29.4. The zero-order valence-electron chi connectivity index (χ0n) is 29.4. The number of hydrogen-bond donors (Lipinski definition) is 0. The van der Waals surface area contributed by atoms with Crippen LogP contribution in [0.4, 0.5) is 19.0 Å². The molecule has 0 saturated carbocycles. The van der Waals surface area contributed by atoms with Crippen molar-refractivity contribution in [3.63, 3.8) is 0 Å². The molecular formula is C40H37F3N8O2. The number of likely N-dealkylation sites (tertiary alicyclic amines) is 1. The normalized spacial score (nSPS) is 21.5. The zero-order chi connectivity index (χ0) is 36.9. The number of carbonyl (C=O) groups is 1. The average Bonchev–Trinajstić information content (AvgIpc) is 3.88. The van der Waals surface area contributed by atoms with E-state index in [-0.39, 0.29) is 41.3 Å². The van der Waals surface area contributed by atoms with Gasteiger partial charge in [-0.3, -0.25) is 14.7 Å². The average molecular weight is 719 g/mol. The molecule has 0 aliphatic carbocycles. The van der Waals surface area contributed by atoms with Crippen molar-refractivity contribution in [2.75, 3.05) is 44.7 Å². The third-order valence-electron chi connectivity index (χ3n) is 10.8. The first-order chi connectivity index (χ1) is 25.6. The molecule has 10 nitrogen and oxygen atoms in total. The van der Waals surface area contributed by atoms with Crippen molar-refractivity contribution in [3.8, 4) is 29.6 Å². The first-order valence-electron chi connectivity index (χ1n) is 17.7. The summed E-state index contributed by atoms with van der Waals surface area (Å²) in [5.41, 5.74) is 0.398. The molecule has 3 atom stereocenters. The largest absolute Gasteiger partial charge is 0.461 e. The van der Waals surface area contributed by atoms with Crippen molar-refractivity contribution in [3.05, 3.63) is 83.6 Å². The van der Waals surface area contributed by atoms with Gasteiger partial charge in [0.05, 0.1) is 22.2 Å². The smallest absolute Gasteiger partial charge is 0.319 e. The Balaban J connectivity index is 1.16. The van der Waals surface area contributed by atoms with E-state index in [0.717, 1.165) is 19.4 Å². The second kappa shape index (κ2) is 13.7. The summed E-state index contributed by atoms with van der Waals surface area (Å²) in [4.78, 5) is 41.3. The number of hydrogen-bond acceptors (Lipinski definition) is 9. The molecule has 8 rings (SSSR count). The van der Waals surface area contributed by atoms with Gasteiger partial charge in [-0.1, -0.05) is 30.2 Å². The minimum atomic E-state index is -0.949. The van der Waals surface area contributed by atoms with Crippen molar-refractivity contribution >= 4 is 39.5 Å². The molecule has 0 unspecified atom stereocenters. The van der Waals surface area contributed by atoms with Crippen LogP contribution in [0.25, 0.3) is 39.0 Å². The molecule has 13 heteroatoms. The molecule has 3 aliphatic heterocycles. The first-order valence-corrected chi connectivity index (χ1v) is 17.7. The highest BCUT2D eigenvalue weighted by atomic mass is 19.1. The maximum atomic E-state index is 16.9. The number of ether oxygens (including phenoxy) is 1. The van der Waals surface area contributed by atoms with E-state index in [1.165, 1.54) is 18.3 Å². The van der Waals surface area contributed by atoms with Crippen LogP contribution in [-0.4, -0.2) is 98.2 Å². The molecule has 0 bridgehead atoms. The lowest BCUT2D eigenvalue weighted by molar-refractivity contribution is -0.124. The van der Waals surface area contributed by atoms with E-state index in [1.54, 1.807) is 54.4 Å². The fourth-order valence-electron chi connectivity index (χ4n) is 8.14. The summed E-state index contributed by atoms with van der Waals surface area (Å²) in [5.74, 6) is 1.90. The minimum absolute atomic E-state index is 0.0111. The summed E-state index contributed by atoms with van der Waals surface area (Å²) >= 11 is 0. The van der Waals surface area contributed by atoms with Crippen LogP contribution in [0.1, 0.15) is 42.8 Å². The third kappa shape index (κ3) is 6.31. The van der Waals surface area contributed by atoms with Gasteiger partial charge in [-0.25, -0.2) is 23.1 Å². The molecule has 0 radical (unpaired) electrons. The number of pyridine rings is 1. The second-order valence-corrected chi connectivity index (χ2v) is 14.0. The quantitative estimate of drug-likeness (QED) is 0.143. The van der Waals surface area contributed by atoms with Crippen LogP contribution in [-0.2, 0) is 4.79 Å². The Morgan fingerprint density at radius 3 is 2.83 bits per heavy atom. The van der Waals surface area contributed by atoms with E-state index >= 15 is 4.39 Å². The van der Waals surface area contributed by atoms with Crippen molar-refractivity contribution < 1.29 is 22.7 Å². The lowest BCUT2D eigenvalue weighted by atomic mass is 9.95. The van der Waals surface area contributed by atoms with E-state index < -0.39 is 23.3 Å². The number of halogens is 3. The van der Waals surface area contributed by atoms with Crippen molar-refractivity contribution in [2.24, 2.45) is 0 Å². The molecule has 3 saturated heterocycles. The molecule has 5 aromatic rings. The highest BCUT2D eigenvalue weighted by Crippen LogP contribution is 2.41. The van der Waals surface area contributed by atoms with Crippen LogP contribution in [0.5, 0.6) is 6.01 Å². The predicted molar refractivity (Wildman–Crippen MR) is 196 cm³/mol. The maximum Gasteiger partial charge on any atom is 0.319 e. The van der Waals surface area contributed by atoms with Crippen molar-refractivity contribution in [1.82, 2.24) is 34.7 Å². The van der Waals surface area contributed by atoms with Gasteiger partial charge in [0.1, 0.15) is 41.4 Å². The Kier molecular flexibility index (Phi) is 8.94. The Hall–Kier alpha value is -5.61. The summed E-state index contributed by atoms with van der Waals surface area (Å²) in [6, 6.07) is 9.54. The van der Waals surface area contributed by atoms with Gasteiger partial charge < -0.3 is 14.5 Å². The van der Waals surface area contributed by atoms with Gasteiger partial charge in [-0.2, -0.15) is 9.97 Å². The van der Waals surface area contributed by atoms with Crippen LogP contribution >= 0.6 is 0 Å². The number of terminal acetylenes is 1. The highest BCUT2D eigenvalue weighted by molar-refractivity contribution is 6.02. The number of carbonyl (C=O) groups excluding carboxylic acids is 1. The van der Waals surface area contributed by atoms with Gasteiger partial charge in [0, 0.05) is 68.6 Å². The Morgan fingerprint density at radius 1 is 1.13 bits per heavy atom. The summed E-state index contributed by atoms with van der Waals surface area (Å²) < 4.78 is 52.7. The molecule has 270 valence electrons. The number of fused-ring (bicyclic) bond motifs is 3. The van der Waals surface area contributed by atoms with Gasteiger partial charge in [-0.05, 0) is 56.3 Å². The molecule has 3 aromatic heterocycles. The number of likely N-dealkylation sites (N-methyl/N-ethyl adjacent to an activating group) is 1. The Morgan fingerprint density at radius 2 is 2.00 bits per heavy atom. The summed E-state index contributed by atoms with van der Waals surface area (Å²) in [7, 11) is 1.84. The van der Waals surface area contributed by atoms with E-state index in [2.05, 4.69) is 30.8 Å². The fourth-order valence-corrected chi connectivity index (χ4v) is 8.14. The molecule has 1 amide bonds. The van der Waals surface area contributed by atoms with Crippen LogP contribution in [0.3, 0.4) is 0 Å². The third-order valence-corrected chi connectivity index (χ3v) is 10.8. The molecule has 3 aliphatic rings. The number of amides is 1. The van der Waals surface area contributed by atoms with E-state index in [4.69, 9.17) is 16.1 Å². The van der Waals surface area contributed by atoms with Crippen LogP contribution < -0.4 is 9.64 Å². The molecule has 2 aromatic carbocycles. The predicted octanol–water partition coefficient (Wildman–Crippen LogP) is 5.91. The summed E-state index contributed by atoms with van der Waals surface area (Å²) in [5, 5.41) is 1.33. The monoisotopic (exact) mass is 718 g/mol. The molecule has 53 heavy (non-hydrogen) atoms. The molecule has 6 heterocycles. The van der Waals surface area contributed by atoms with E-state index in [1.807, 2.05) is 11.9 Å². The summed E-state index contributed by atoms with van der Waals surface area (Å²) in [6.45, 7) is 3.98. The number of anilines is 1. The van der Waals surface area contributed by atoms with Gasteiger partial charge in [0.25, 0.3) is 0 Å². The minimum Gasteiger partial charge on any atom is -0.461 e. The van der Waals surface area contributed by atoms with Crippen LogP contribution in [0.2, 0.25) is 0 Å². The molecule has 0 spiro atoms. The van der Waals surface area contributed by atoms with Crippen LogP contribution in [0, 0.1) is 30.9 Å². The lowest BCUT2D eigenvalue weighted by Crippen LogP contribution is -2.43. The number of nitrogens with zero attached hydrogens (tertiary/aromatic N) is 8. The maximum absolute atomic E-state index is 16.9. The lowest BCUT2D eigenvalue weighted by Gasteiger charge is -2.31. The number of aromatic nitrogens is 5. The van der Waals surface area contributed by atoms with Gasteiger partial charge in [-0.15, -0.1) is 6.42 Å². The summed E-state index contributed by atoms with van der Waals surface area (Å²) in [6.07, 6.45) is 13.8. The standard InChI is InChI=1S/C40H37F3N8O2/c1-4-29-32(42)11-9-25-7-5-8-30(34(25)29)36-35(43)37-31(20-45-36)38(48-39(47-37)53-23-40-15-6-17-51(40)21-26(41)19-40)49(3)28-14-18-50(22-28)33(52)12-10-27-13-16-44-24(2)46-27/h1,5,7-13,16,20,26,28H,6,14-15,17-19,21-23H2,2-3H3/b12-10+/t26-,28-,40+/m1/s1. The van der Waals surface area contributed by atoms with E-state index in [9.17, 15) is 13.6 Å². The molecular weight excluding hydrogens is 681 g/mol. The first kappa shape index (κ1) is 34.5. The topological polar surface area (TPSA) is 100 Å².